The molecule has 1 aromatic carbocycles. The Morgan fingerprint density at radius 1 is 1.23 bits per heavy atom. The fourth-order valence-electron chi connectivity index (χ4n) is 3.51. The molecule has 10 heteroatoms. The highest BCUT2D eigenvalue weighted by atomic mass is 32.2. The summed E-state index contributed by atoms with van der Waals surface area (Å²) in [6.45, 7) is -0.154. The van der Waals surface area contributed by atoms with Gasteiger partial charge in [0.1, 0.15) is 11.9 Å². The number of sulfonamides is 1. The van der Waals surface area contributed by atoms with Crippen molar-refractivity contribution in [2.75, 3.05) is 13.2 Å². The standard InChI is InChI=1S/C21H26FN3O5S/c22-15-4-3-6-18(12-15)31(28,29)24-11-9-17-7-8-19(20(14-26)30-17)25-21(27)13-16-5-1-2-10-23-16/h1-6,10,12,17,19-20,24,26H,7-9,11,13-14H2,(H,25,27)/t17-,19+,20-/m1/s1. The zero-order chi connectivity index (χ0) is 22.3. The lowest BCUT2D eigenvalue weighted by atomic mass is 9.97. The zero-order valence-electron chi connectivity index (χ0n) is 16.9. The highest BCUT2D eigenvalue weighted by Crippen LogP contribution is 2.22. The van der Waals surface area contributed by atoms with Crippen LogP contribution in [0.25, 0.3) is 0 Å². The van der Waals surface area contributed by atoms with Gasteiger partial charge < -0.3 is 15.2 Å². The van der Waals surface area contributed by atoms with E-state index < -0.39 is 21.9 Å². The monoisotopic (exact) mass is 451 g/mol. The third-order valence-electron chi connectivity index (χ3n) is 5.07. The number of rotatable bonds is 9. The van der Waals surface area contributed by atoms with Gasteiger partial charge in [0.2, 0.25) is 15.9 Å². The van der Waals surface area contributed by atoms with E-state index in [0.29, 0.717) is 25.0 Å². The van der Waals surface area contributed by atoms with E-state index in [1.165, 1.54) is 18.2 Å². The van der Waals surface area contributed by atoms with E-state index >= 15 is 0 Å². The fraction of sp³-hybridized carbons (Fsp3) is 0.429. The van der Waals surface area contributed by atoms with Crippen molar-refractivity contribution in [2.24, 2.45) is 0 Å². The van der Waals surface area contributed by atoms with Crippen LogP contribution in [0.2, 0.25) is 0 Å². The van der Waals surface area contributed by atoms with Gasteiger partial charge in [0, 0.05) is 18.4 Å². The minimum Gasteiger partial charge on any atom is -0.394 e. The molecular weight excluding hydrogens is 425 g/mol. The van der Waals surface area contributed by atoms with E-state index in [2.05, 4.69) is 15.0 Å². The first-order valence-electron chi connectivity index (χ1n) is 10.1. The Kier molecular flexibility index (Phi) is 8.08. The van der Waals surface area contributed by atoms with Crippen LogP contribution in [0.1, 0.15) is 25.0 Å². The summed E-state index contributed by atoms with van der Waals surface area (Å²) in [6, 6.07) is 9.81. The number of carbonyl (C=O) groups excluding carboxylic acids is 1. The van der Waals surface area contributed by atoms with Crippen molar-refractivity contribution in [1.82, 2.24) is 15.0 Å². The van der Waals surface area contributed by atoms with Crippen molar-refractivity contribution < 1.29 is 27.4 Å². The van der Waals surface area contributed by atoms with Crippen molar-refractivity contribution in [3.8, 4) is 0 Å². The van der Waals surface area contributed by atoms with Crippen molar-refractivity contribution in [2.45, 2.75) is 48.8 Å². The van der Waals surface area contributed by atoms with Crippen LogP contribution in [0.5, 0.6) is 0 Å². The number of nitrogens with zero attached hydrogens (tertiary/aromatic N) is 1. The van der Waals surface area contributed by atoms with Gasteiger partial charge in [-0.25, -0.2) is 17.5 Å². The lowest BCUT2D eigenvalue weighted by Gasteiger charge is -2.36. The normalized spacial score (nSPS) is 21.5. The number of nitrogens with one attached hydrogen (secondary N) is 2. The van der Waals surface area contributed by atoms with Crippen LogP contribution in [0.15, 0.2) is 53.6 Å². The van der Waals surface area contributed by atoms with E-state index in [4.69, 9.17) is 4.74 Å². The molecule has 2 heterocycles. The number of carbonyl (C=O) groups is 1. The van der Waals surface area contributed by atoms with E-state index in [1.807, 2.05) is 6.07 Å². The number of aliphatic hydroxyl groups excluding tert-OH is 1. The molecule has 0 spiro atoms. The average Bonchev–Trinajstić information content (AvgIpc) is 2.75. The number of hydrogen-bond donors (Lipinski definition) is 3. The number of aliphatic hydroxyl groups is 1. The molecule has 0 saturated carbocycles. The second-order valence-corrected chi connectivity index (χ2v) is 9.14. The van der Waals surface area contributed by atoms with Crippen LogP contribution in [0.3, 0.4) is 0 Å². The summed E-state index contributed by atoms with van der Waals surface area (Å²) in [7, 11) is -3.82. The molecule has 0 unspecified atom stereocenters. The number of pyridine rings is 1. The lowest BCUT2D eigenvalue weighted by Crippen LogP contribution is -2.51. The second-order valence-electron chi connectivity index (χ2n) is 7.37. The minimum absolute atomic E-state index is 0.109. The van der Waals surface area contributed by atoms with E-state index in [9.17, 15) is 22.7 Å². The second kappa shape index (κ2) is 10.8. The van der Waals surface area contributed by atoms with Gasteiger partial charge >= 0.3 is 0 Å². The maximum absolute atomic E-state index is 13.3. The Balaban J connectivity index is 1.46. The fourth-order valence-corrected chi connectivity index (χ4v) is 4.58. The smallest absolute Gasteiger partial charge is 0.240 e. The molecule has 168 valence electrons. The summed E-state index contributed by atoms with van der Waals surface area (Å²) >= 11 is 0. The summed E-state index contributed by atoms with van der Waals surface area (Å²) in [5.74, 6) is -0.826. The van der Waals surface area contributed by atoms with Crippen LogP contribution in [0.4, 0.5) is 4.39 Å². The Hall–Kier alpha value is -2.40. The van der Waals surface area contributed by atoms with Gasteiger partial charge in [-0.2, -0.15) is 0 Å². The minimum atomic E-state index is -3.82. The number of halogens is 1. The molecular formula is C21H26FN3O5S. The van der Waals surface area contributed by atoms with Crippen molar-refractivity contribution in [3.05, 3.63) is 60.2 Å². The van der Waals surface area contributed by atoms with Crippen LogP contribution in [-0.4, -0.2) is 55.8 Å². The van der Waals surface area contributed by atoms with Crippen molar-refractivity contribution >= 4 is 15.9 Å². The lowest BCUT2D eigenvalue weighted by molar-refractivity contribution is -0.127. The number of aromatic nitrogens is 1. The molecule has 1 aliphatic heterocycles. The molecule has 3 N–H and O–H groups in total. The number of amides is 1. The molecule has 3 atom stereocenters. The maximum Gasteiger partial charge on any atom is 0.240 e. The molecule has 8 nitrogen and oxygen atoms in total. The first-order chi connectivity index (χ1) is 14.9. The molecule has 2 aromatic rings. The molecule has 31 heavy (non-hydrogen) atoms. The Morgan fingerprint density at radius 3 is 2.77 bits per heavy atom. The van der Waals surface area contributed by atoms with Gasteiger partial charge in [-0.3, -0.25) is 9.78 Å². The van der Waals surface area contributed by atoms with Crippen LogP contribution < -0.4 is 10.0 Å². The van der Waals surface area contributed by atoms with Crippen LogP contribution in [-0.2, 0) is 26.0 Å². The molecule has 0 radical (unpaired) electrons. The highest BCUT2D eigenvalue weighted by Gasteiger charge is 2.32. The van der Waals surface area contributed by atoms with E-state index in [1.54, 1.807) is 18.3 Å². The summed E-state index contributed by atoms with van der Waals surface area (Å²) < 4.78 is 46.1. The van der Waals surface area contributed by atoms with Crippen LogP contribution >= 0.6 is 0 Å². The predicted octanol–water partition coefficient (Wildman–Crippen LogP) is 1.16. The summed E-state index contributed by atoms with van der Waals surface area (Å²) in [5.41, 5.74) is 0.653. The Bertz CT molecular complexity index is 974. The highest BCUT2D eigenvalue weighted by molar-refractivity contribution is 7.89. The number of ether oxygens (including phenoxy) is 1. The largest absolute Gasteiger partial charge is 0.394 e. The van der Waals surface area contributed by atoms with Gasteiger partial charge in [0.25, 0.3) is 0 Å². The third-order valence-corrected chi connectivity index (χ3v) is 6.53. The quantitative estimate of drug-likeness (QED) is 0.527. The SMILES string of the molecule is O=C(Cc1ccccn1)N[C@H]1CC[C@H](CCNS(=O)(=O)c2cccc(F)c2)O[C@@H]1CO. The molecule has 1 fully saturated rings. The molecule has 1 aliphatic rings. The molecule has 3 rings (SSSR count). The molecule has 0 aliphatic carbocycles. The first kappa shape index (κ1) is 23.3. The van der Waals surface area contributed by atoms with E-state index in [0.717, 1.165) is 6.07 Å². The molecule has 1 amide bonds. The van der Waals surface area contributed by atoms with E-state index in [-0.39, 0.29) is 42.5 Å². The Labute approximate surface area is 180 Å². The van der Waals surface area contributed by atoms with Crippen LogP contribution in [0, 0.1) is 5.82 Å². The average molecular weight is 452 g/mol. The molecule has 1 saturated heterocycles. The van der Waals surface area contributed by atoms with Crippen molar-refractivity contribution in [1.29, 1.82) is 0 Å². The van der Waals surface area contributed by atoms with Gasteiger partial charge in [-0.05, 0) is 49.6 Å². The Morgan fingerprint density at radius 2 is 2.06 bits per heavy atom. The molecule has 0 bridgehead atoms. The number of benzene rings is 1. The summed E-state index contributed by atoms with van der Waals surface area (Å²) in [5, 5.41) is 12.6. The third kappa shape index (κ3) is 6.79. The summed E-state index contributed by atoms with van der Waals surface area (Å²) in [4.78, 5) is 16.3. The van der Waals surface area contributed by atoms with Gasteiger partial charge in [-0.1, -0.05) is 12.1 Å². The predicted molar refractivity (Wildman–Crippen MR) is 111 cm³/mol. The topological polar surface area (TPSA) is 118 Å². The zero-order valence-corrected chi connectivity index (χ0v) is 17.7. The maximum atomic E-state index is 13.3. The van der Waals surface area contributed by atoms with Gasteiger partial charge in [-0.15, -0.1) is 0 Å². The van der Waals surface area contributed by atoms with Gasteiger partial charge in [0.15, 0.2) is 0 Å². The summed E-state index contributed by atoms with van der Waals surface area (Å²) in [6.07, 6.45) is 2.51. The van der Waals surface area contributed by atoms with Crippen molar-refractivity contribution in [3.63, 3.8) is 0 Å². The number of hydrogen-bond acceptors (Lipinski definition) is 6. The first-order valence-corrected chi connectivity index (χ1v) is 11.6. The molecule has 1 aromatic heterocycles. The van der Waals surface area contributed by atoms with Gasteiger partial charge in [0.05, 0.1) is 30.1 Å².